The molecule has 2 amide bonds. The zero-order valence-electron chi connectivity index (χ0n) is 8.47. The number of carbonyl (C=O) groups excluding carboxylic acids is 2. The Bertz CT molecular complexity index is 489. The number of nitro benzene ring substituents is 1. The van der Waals surface area contributed by atoms with Crippen LogP contribution in [0, 0.1) is 15.9 Å². The van der Waals surface area contributed by atoms with Crippen LogP contribution in [0.25, 0.3) is 0 Å². The van der Waals surface area contributed by atoms with E-state index in [0.29, 0.717) is 0 Å². The van der Waals surface area contributed by atoms with Crippen LogP contribution in [-0.2, 0) is 4.79 Å². The van der Waals surface area contributed by atoms with Crippen molar-refractivity contribution in [2.75, 3.05) is 6.54 Å². The van der Waals surface area contributed by atoms with Crippen LogP contribution in [0.3, 0.4) is 0 Å². The Morgan fingerprint density at radius 3 is 2.65 bits per heavy atom. The van der Waals surface area contributed by atoms with Crippen molar-refractivity contribution in [2.45, 2.75) is 0 Å². The van der Waals surface area contributed by atoms with Crippen LogP contribution in [0.5, 0.6) is 0 Å². The van der Waals surface area contributed by atoms with Gasteiger partial charge in [0.05, 0.1) is 11.5 Å². The van der Waals surface area contributed by atoms with E-state index in [4.69, 9.17) is 5.73 Å². The van der Waals surface area contributed by atoms with Gasteiger partial charge in [0.2, 0.25) is 11.7 Å². The van der Waals surface area contributed by atoms with Crippen molar-refractivity contribution >= 4 is 17.5 Å². The first-order valence-electron chi connectivity index (χ1n) is 4.42. The Kier molecular flexibility index (Phi) is 3.70. The van der Waals surface area contributed by atoms with Gasteiger partial charge in [-0.05, 0) is 12.1 Å². The first kappa shape index (κ1) is 12.6. The van der Waals surface area contributed by atoms with Gasteiger partial charge in [-0.2, -0.15) is 4.39 Å². The number of carbonyl (C=O) groups is 2. The Balaban J connectivity index is 2.92. The molecule has 0 heterocycles. The lowest BCUT2D eigenvalue weighted by atomic mass is 10.2. The third kappa shape index (κ3) is 3.23. The van der Waals surface area contributed by atoms with E-state index in [-0.39, 0.29) is 5.56 Å². The lowest BCUT2D eigenvalue weighted by Gasteiger charge is -2.02. The normalized spacial score (nSPS) is 9.71. The molecule has 0 atom stereocenters. The lowest BCUT2D eigenvalue weighted by Crippen LogP contribution is -2.33. The fraction of sp³-hybridized carbons (Fsp3) is 0.111. The molecule has 90 valence electrons. The fourth-order valence-corrected chi connectivity index (χ4v) is 1.06. The summed E-state index contributed by atoms with van der Waals surface area (Å²) in [7, 11) is 0. The summed E-state index contributed by atoms with van der Waals surface area (Å²) in [4.78, 5) is 31.3. The molecular weight excluding hydrogens is 233 g/mol. The third-order valence-corrected chi connectivity index (χ3v) is 1.83. The standard InChI is InChI=1S/C9H8FN3O4/c10-6-2-1-5(3-7(6)13(16)17)9(15)12-4-8(11)14/h1-3H,4H2,(H2,11,14)(H,12,15). The predicted molar refractivity (Wildman–Crippen MR) is 54.6 cm³/mol. The molecular formula is C9H8FN3O4. The first-order valence-corrected chi connectivity index (χ1v) is 4.42. The Morgan fingerprint density at radius 1 is 1.47 bits per heavy atom. The highest BCUT2D eigenvalue weighted by atomic mass is 19.1. The second-order valence-corrected chi connectivity index (χ2v) is 3.07. The molecule has 0 aliphatic heterocycles. The van der Waals surface area contributed by atoms with E-state index in [1.165, 1.54) is 0 Å². The molecule has 1 rings (SSSR count). The van der Waals surface area contributed by atoms with Crippen LogP contribution in [0.2, 0.25) is 0 Å². The fourth-order valence-electron chi connectivity index (χ4n) is 1.06. The molecule has 8 heteroatoms. The second kappa shape index (κ2) is 5.01. The summed E-state index contributed by atoms with van der Waals surface area (Å²) >= 11 is 0. The van der Waals surface area contributed by atoms with E-state index in [9.17, 15) is 24.1 Å². The number of nitrogens with zero attached hydrogens (tertiary/aromatic N) is 1. The molecule has 3 N–H and O–H groups in total. The highest BCUT2D eigenvalue weighted by Crippen LogP contribution is 2.18. The Morgan fingerprint density at radius 2 is 2.12 bits per heavy atom. The number of rotatable bonds is 4. The minimum atomic E-state index is -1.04. The Hall–Kier alpha value is -2.51. The summed E-state index contributed by atoms with van der Waals surface area (Å²) in [6.45, 7) is -0.399. The van der Waals surface area contributed by atoms with Crippen molar-refractivity contribution in [1.82, 2.24) is 5.32 Å². The second-order valence-electron chi connectivity index (χ2n) is 3.07. The van der Waals surface area contributed by atoms with Crippen molar-refractivity contribution in [3.05, 3.63) is 39.7 Å². The number of primary amides is 1. The maximum atomic E-state index is 13.0. The summed E-state index contributed by atoms with van der Waals surface area (Å²) < 4.78 is 13.0. The molecule has 0 unspecified atom stereocenters. The van der Waals surface area contributed by atoms with Gasteiger partial charge in [0, 0.05) is 11.6 Å². The predicted octanol–water partition coefficient (Wildman–Crippen LogP) is -0.0510. The van der Waals surface area contributed by atoms with Gasteiger partial charge < -0.3 is 11.1 Å². The van der Waals surface area contributed by atoms with E-state index in [1.54, 1.807) is 0 Å². The number of hydrogen-bond donors (Lipinski definition) is 2. The average molecular weight is 241 g/mol. The molecule has 1 aromatic rings. The van der Waals surface area contributed by atoms with Gasteiger partial charge in [0.1, 0.15) is 0 Å². The summed E-state index contributed by atoms with van der Waals surface area (Å²) in [5.41, 5.74) is 3.86. The maximum Gasteiger partial charge on any atom is 0.305 e. The zero-order chi connectivity index (χ0) is 13.0. The minimum absolute atomic E-state index is 0.126. The van der Waals surface area contributed by atoms with Gasteiger partial charge in [-0.3, -0.25) is 19.7 Å². The van der Waals surface area contributed by atoms with Gasteiger partial charge in [-0.15, -0.1) is 0 Å². The molecule has 0 spiro atoms. The molecule has 0 fully saturated rings. The molecule has 17 heavy (non-hydrogen) atoms. The van der Waals surface area contributed by atoms with E-state index >= 15 is 0 Å². The molecule has 0 bridgehead atoms. The summed E-state index contributed by atoms with van der Waals surface area (Å²) in [6, 6.07) is 2.65. The number of benzene rings is 1. The maximum absolute atomic E-state index is 13.0. The molecule has 0 saturated carbocycles. The van der Waals surface area contributed by atoms with E-state index in [0.717, 1.165) is 18.2 Å². The summed E-state index contributed by atoms with van der Waals surface area (Å²) in [5, 5.41) is 12.5. The van der Waals surface area contributed by atoms with Crippen molar-refractivity contribution in [2.24, 2.45) is 5.73 Å². The number of amides is 2. The number of nitro groups is 1. The van der Waals surface area contributed by atoms with E-state index < -0.39 is 34.8 Å². The van der Waals surface area contributed by atoms with Gasteiger partial charge >= 0.3 is 5.69 Å². The largest absolute Gasteiger partial charge is 0.368 e. The molecule has 0 aliphatic rings. The molecule has 0 radical (unpaired) electrons. The summed E-state index contributed by atoms with van der Waals surface area (Å²) in [6.07, 6.45) is 0. The molecule has 7 nitrogen and oxygen atoms in total. The number of halogens is 1. The number of nitrogens with one attached hydrogen (secondary N) is 1. The highest BCUT2D eigenvalue weighted by Gasteiger charge is 2.17. The van der Waals surface area contributed by atoms with Gasteiger partial charge in [-0.25, -0.2) is 0 Å². The van der Waals surface area contributed by atoms with Crippen LogP contribution in [0.4, 0.5) is 10.1 Å². The Labute approximate surface area is 94.6 Å². The van der Waals surface area contributed by atoms with Gasteiger partial charge in [0.25, 0.3) is 5.91 Å². The van der Waals surface area contributed by atoms with Crippen LogP contribution in [0.1, 0.15) is 10.4 Å². The van der Waals surface area contributed by atoms with Crippen molar-refractivity contribution in [1.29, 1.82) is 0 Å². The minimum Gasteiger partial charge on any atom is -0.368 e. The molecule has 0 saturated heterocycles. The van der Waals surface area contributed by atoms with Crippen molar-refractivity contribution in [3.8, 4) is 0 Å². The van der Waals surface area contributed by atoms with Gasteiger partial charge in [-0.1, -0.05) is 0 Å². The smallest absolute Gasteiger partial charge is 0.305 e. The highest BCUT2D eigenvalue weighted by molar-refractivity contribution is 5.96. The van der Waals surface area contributed by atoms with Crippen LogP contribution >= 0.6 is 0 Å². The van der Waals surface area contributed by atoms with Gasteiger partial charge in [0.15, 0.2) is 0 Å². The van der Waals surface area contributed by atoms with E-state index in [1.807, 2.05) is 0 Å². The number of nitrogens with two attached hydrogens (primary N) is 1. The first-order chi connectivity index (χ1) is 7.91. The molecule has 0 aromatic heterocycles. The van der Waals surface area contributed by atoms with Crippen molar-refractivity contribution in [3.63, 3.8) is 0 Å². The third-order valence-electron chi connectivity index (χ3n) is 1.83. The quantitative estimate of drug-likeness (QED) is 0.567. The lowest BCUT2D eigenvalue weighted by molar-refractivity contribution is -0.387. The molecule has 0 aliphatic carbocycles. The van der Waals surface area contributed by atoms with Crippen LogP contribution in [-0.4, -0.2) is 23.3 Å². The average Bonchev–Trinajstić information content (AvgIpc) is 2.26. The summed E-state index contributed by atoms with van der Waals surface area (Å²) in [5.74, 6) is -2.54. The van der Waals surface area contributed by atoms with Crippen molar-refractivity contribution < 1.29 is 18.9 Å². The SMILES string of the molecule is NC(=O)CNC(=O)c1ccc(F)c([N+](=O)[O-])c1. The number of hydrogen-bond acceptors (Lipinski definition) is 4. The zero-order valence-corrected chi connectivity index (χ0v) is 8.47. The van der Waals surface area contributed by atoms with E-state index in [2.05, 4.69) is 5.32 Å². The monoisotopic (exact) mass is 241 g/mol. The topological polar surface area (TPSA) is 115 Å². The molecule has 1 aromatic carbocycles. The van der Waals surface area contributed by atoms with Crippen LogP contribution in [0.15, 0.2) is 18.2 Å². The van der Waals surface area contributed by atoms with Crippen LogP contribution < -0.4 is 11.1 Å².